The molecule has 0 radical (unpaired) electrons. The van der Waals surface area contributed by atoms with Crippen molar-refractivity contribution in [2.24, 2.45) is 11.8 Å². The molecule has 142 valence electrons. The van der Waals surface area contributed by atoms with E-state index in [1.807, 2.05) is 0 Å². The third kappa shape index (κ3) is 4.97. The molecule has 26 heavy (non-hydrogen) atoms. The maximum absolute atomic E-state index is 12.2. The third-order valence-corrected chi connectivity index (χ3v) is 5.57. The van der Waals surface area contributed by atoms with Gasteiger partial charge in [-0.15, -0.1) is 0 Å². The van der Waals surface area contributed by atoms with Crippen molar-refractivity contribution >= 4 is 12.0 Å². The van der Waals surface area contributed by atoms with Crippen LogP contribution in [0, 0.1) is 11.8 Å². The molecule has 6 nitrogen and oxygen atoms in total. The van der Waals surface area contributed by atoms with Gasteiger partial charge < -0.3 is 15.3 Å². The molecule has 6 heteroatoms. The van der Waals surface area contributed by atoms with Gasteiger partial charge in [0.25, 0.3) is 0 Å². The molecular weight excluding hydrogens is 330 g/mol. The SMILES string of the molecule is CC1CCN(Cc2ccc(CNC(=O)N3CCC(C(=O)O)C3)cc2)CC1. The number of nitrogens with zero attached hydrogens (tertiary/aromatic N) is 2. The molecule has 2 saturated heterocycles. The summed E-state index contributed by atoms with van der Waals surface area (Å²) in [5, 5.41) is 11.9. The molecule has 1 aromatic rings. The Morgan fingerprint density at radius 1 is 1.08 bits per heavy atom. The van der Waals surface area contributed by atoms with Gasteiger partial charge in [-0.2, -0.15) is 0 Å². The third-order valence-electron chi connectivity index (χ3n) is 5.57. The van der Waals surface area contributed by atoms with Crippen LogP contribution >= 0.6 is 0 Å². The molecule has 1 unspecified atom stereocenters. The lowest BCUT2D eigenvalue weighted by atomic mass is 9.99. The molecule has 0 spiro atoms. The summed E-state index contributed by atoms with van der Waals surface area (Å²) in [7, 11) is 0. The van der Waals surface area contributed by atoms with Crippen LogP contribution in [0.4, 0.5) is 4.79 Å². The van der Waals surface area contributed by atoms with E-state index in [0.29, 0.717) is 26.1 Å². The van der Waals surface area contributed by atoms with Gasteiger partial charge in [0.15, 0.2) is 0 Å². The topological polar surface area (TPSA) is 72.9 Å². The van der Waals surface area contributed by atoms with E-state index in [-0.39, 0.29) is 6.03 Å². The summed E-state index contributed by atoms with van der Waals surface area (Å²) >= 11 is 0. The number of benzene rings is 1. The quantitative estimate of drug-likeness (QED) is 0.847. The summed E-state index contributed by atoms with van der Waals surface area (Å²) in [6.45, 7) is 6.94. The molecule has 2 aliphatic heterocycles. The first kappa shape index (κ1) is 18.7. The number of piperidine rings is 1. The van der Waals surface area contributed by atoms with Crippen molar-refractivity contribution in [2.45, 2.75) is 39.3 Å². The van der Waals surface area contributed by atoms with Crippen molar-refractivity contribution < 1.29 is 14.7 Å². The highest BCUT2D eigenvalue weighted by Crippen LogP contribution is 2.19. The highest BCUT2D eigenvalue weighted by molar-refractivity contribution is 5.77. The summed E-state index contributed by atoms with van der Waals surface area (Å²) in [5.41, 5.74) is 2.36. The van der Waals surface area contributed by atoms with Crippen LogP contribution in [0.5, 0.6) is 0 Å². The van der Waals surface area contributed by atoms with Gasteiger partial charge in [0.05, 0.1) is 5.92 Å². The Bertz CT molecular complexity index is 624. The van der Waals surface area contributed by atoms with Crippen LogP contribution in [0.25, 0.3) is 0 Å². The van der Waals surface area contributed by atoms with Gasteiger partial charge >= 0.3 is 12.0 Å². The number of nitrogens with one attached hydrogen (secondary N) is 1. The van der Waals surface area contributed by atoms with Crippen molar-refractivity contribution in [3.05, 3.63) is 35.4 Å². The van der Waals surface area contributed by atoms with Crippen LogP contribution in [0.1, 0.15) is 37.3 Å². The van der Waals surface area contributed by atoms with E-state index >= 15 is 0 Å². The van der Waals surface area contributed by atoms with Gasteiger partial charge in [-0.25, -0.2) is 4.79 Å². The Balaban J connectivity index is 1.43. The zero-order chi connectivity index (χ0) is 18.5. The minimum absolute atomic E-state index is 0.180. The molecule has 3 rings (SSSR count). The first-order valence-electron chi connectivity index (χ1n) is 9.57. The summed E-state index contributed by atoms with van der Waals surface area (Å²) in [5.74, 6) is -0.407. The van der Waals surface area contributed by atoms with Crippen molar-refractivity contribution in [2.75, 3.05) is 26.2 Å². The normalized spacial score (nSPS) is 21.7. The van der Waals surface area contributed by atoms with Crippen LogP contribution in [0.2, 0.25) is 0 Å². The molecule has 0 aliphatic carbocycles. The molecule has 2 aliphatic rings. The molecule has 2 heterocycles. The van der Waals surface area contributed by atoms with E-state index in [1.54, 1.807) is 4.90 Å². The van der Waals surface area contributed by atoms with Crippen molar-refractivity contribution in [1.82, 2.24) is 15.1 Å². The van der Waals surface area contributed by atoms with Gasteiger partial charge in [0.1, 0.15) is 0 Å². The number of carbonyl (C=O) groups excluding carboxylic acids is 1. The van der Waals surface area contributed by atoms with E-state index in [9.17, 15) is 9.59 Å². The number of urea groups is 1. The number of carbonyl (C=O) groups is 2. The monoisotopic (exact) mass is 359 g/mol. The maximum atomic E-state index is 12.2. The molecular formula is C20H29N3O3. The van der Waals surface area contributed by atoms with Crippen molar-refractivity contribution in [3.8, 4) is 0 Å². The molecule has 2 N–H and O–H groups in total. The number of aliphatic carboxylic acids is 1. The fourth-order valence-corrected chi connectivity index (χ4v) is 3.68. The van der Waals surface area contributed by atoms with Crippen LogP contribution in [-0.4, -0.2) is 53.1 Å². The molecule has 2 fully saturated rings. The summed E-state index contributed by atoms with van der Waals surface area (Å²) < 4.78 is 0. The molecule has 0 bridgehead atoms. The second-order valence-electron chi connectivity index (χ2n) is 7.70. The maximum Gasteiger partial charge on any atom is 0.317 e. The number of hydrogen-bond acceptors (Lipinski definition) is 3. The highest BCUT2D eigenvalue weighted by atomic mass is 16.4. The Hall–Kier alpha value is -2.08. The van der Waals surface area contributed by atoms with Crippen LogP contribution in [0.3, 0.4) is 0 Å². The first-order valence-corrected chi connectivity index (χ1v) is 9.57. The number of hydrogen-bond donors (Lipinski definition) is 2. The molecule has 1 aromatic carbocycles. The van der Waals surface area contributed by atoms with Crippen molar-refractivity contribution in [1.29, 1.82) is 0 Å². The number of rotatable bonds is 5. The Morgan fingerprint density at radius 3 is 2.35 bits per heavy atom. The molecule has 0 saturated carbocycles. The predicted molar refractivity (Wildman–Crippen MR) is 99.7 cm³/mol. The number of carboxylic acid groups (broad SMARTS) is 1. The number of likely N-dealkylation sites (tertiary alicyclic amines) is 2. The van der Waals surface area contributed by atoms with E-state index in [0.717, 1.165) is 18.0 Å². The first-order chi connectivity index (χ1) is 12.5. The van der Waals surface area contributed by atoms with Crippen molar-refractivity contribution in [3.63, 3.8) is 0 Å². The molecule has 0 aromatic heterocycles. The average molecular weight is 359 g/mol. The molecule has 2 amide bonds. The van der Waals surface area contributed by atoms with Gasteiger partial charge in [-0.1, -0.05) is 31.2 Å². The molecule has 1 atom stereocenters. The second-order valence-corrected chi connectivity index (χ2v) is 7.70. The largest absolute Gasteiger partial charge is 0.481 e. The van der Waals surface area contributed by atoms with Gasteiger partial charge in [-0.3, -0.25) is 9.69 Å². The second kappa shape index (κ2) is 8.54. The summed E-state index contributed by atoms with van der Waals surface area (Å²) in [6, 6.07) is 8.21. The highest BCUT2D eigenvalue weighted by Gasteiger charge is 2.30. The van der Waals surface area contributed by atoms with Gasteiger partial charge in [0, 0.05) is 26.2 Å². The van der Waals surface area contributed by atoms with E-state index < -0.39 is 11.9 Å². The van der Waals surface area contributed by atoms with Crippen LogP contribution in [0.15, 0.2) is 24.3 Å². The predicted octanol–water partition coefficient (Wildman–Crippen LogP) is 2.53. The van der Waals surface area contributed by atoms with E-state index in [1.165, 1.54) is 31.5 Å². The van der Waals surface area contributed by atoms with Gasteiger partial charge in [0.2, 0.25) is 0 Å². The number of carboxylic acids is 1. The van der Waals surface area contributed by atoms with Crippen LogP contribution < -0.4 is 5.32 Å². The zero-order valence-electron chi connectivity index (χ0n) is 15.5. The lowest BCUT2D eigenvalue weighted by Gasteiger charge is -2.30. The standard InChI is InChI=1S/C20H29N3O3/c1-15-6-9-22(10-7-15)13-17-4-2-16(3-5-17)12-21-20(26)23-11-8-18(14-23)19(24)25/h2-5,15,18H,6-14H2,1H3,(H,21,26)(H,24,25). The minimum Gasteiger partial charge on any atom is -0.481 e. The Kier molecular flexibility index (Phi) is 6.14. The van der Waals surface area contributed by atoms with E-state index in [2.05, 4.69) is 41.4 Å². The Labute approximate surface area is 155 Å². The van der Waals surface area contributed by atoms with Crippen LogP contribution in [-0.2, 0) is 17.9 Å². The Morgan fingerprint density at radius 2 is 1.73 bits per heavy atom. The fourth-order valence-electron chi connectivity index (χ4n) is 3.68. The zero-order valence-corrected chi connectivity index (χ0v) is 15.5. The fraction of sp³-hybridized carbons (Fsp3) is 0.600. The minimum atomic E-state index is -0.820. The van der Waals surface area contributed by atoms with E-state index in [4.69, 9.17) is 5.11 Å². The number of amides is 2. The average Bonchev–Trinajstić information content (AvgIpc) is 3.13. The van der Waals surface area contributed by atoms with Gasteiger partial charge in [-0.05, 0) is 49.4 Å². The lowest BCUT2D eigenvalue weighted by Crippen LogP contribution is -2.38. The summed E-state index contributed by atoms with van der Waals surface area (Å²) in [6.07, 6.45) is 3.10. The summed E-state index contributed by atoms with van der Waals surface area (Å²) in [4.78, 5) is 27.2. The smallest absolute Gasteiger partial charge is 0.317 e. The lowest BCUT2D eigenvalue weighted by molar-refractivity contribution is -0.141.